The second-order valence-electron chi connectivity index (χ2n) is 8.10. The third kappa shape index (κ3) is 4.91. The molecule has 0 saturated heterocycles. The number of aliphatic imine (C=N–C) groups is 1. The fourth-order valence-corrected chi connectivity index (χ4v) is 5.09. The molecule has 1 aromatic heterocycles. The molecule has 2 heterocycles. The highest BCUT2D eigenvalue weighted by Gasteiger charge is 2.39. The summed E-state index contributed by atoms with van der Waals surface area (Å²) in [5.74, 6) is -1.36. The zero-order valence-corrected chi connectivity index (χ0v) is 19.5. The molecule has 0 radical (unpaired) electrons. The van der Waals surface area contributed by atoms with Gasteiger partial charge in [0, 0.05) is 25.6 Å². The number of Topliss-reactive ketones (excluding diaryl/α,β-unsaturated/α-hetero) is 1. The second-order valence-corrected chi connectivity index (χ2v) is 9.13. The van der Waals surface area contributed by atoms with Crippen molar-refractivity contribution in [3.8, 4) is 0 Å². The lowest BCUT2D eigenvalue weighted by molar-refractivity contribution is -0.146. The quantitative estimate of drug-likeness (QED) is 0.195. The van der Waals surface area contributed by atoms with E-state index in [2.05, 4.69) is 15.3 Å². The first-order valence-corrected chi connectivity index (χ1v) is 11.8. The lowest BCUT2D eigenvalue weighted by Gasteiger charge is -2.30. The number of rotatable bonds is 8. The predicted octanol–water partition coefficient (Wildman–Crippen LogP) is 2.31. The Morgan fingerprint density at radius 2 is 1.91 bits per heavy atom. The summed E-state index contributed by atoms with van der Waals surface area (Å²) in [6.07, 6.45) is 1.07. The second kappa shape index (κ2) is 10.0. The van der Waals surface area contributed by atoms with Crippen LogP contribution in [-0.4, -0.2) is 52.1 Å². The molecule has 3 aromatic rings. The van der Waals surface area contributed by atoms with E-state index in [4.69, 9.17) is 11.5 Å². The van der Waals surface area contributed by atoms with Crippen LogP contribution in [0.15, 0.2) is 53.5 Å². The smallest absolute Gasteiger partial charge is 0.252 e. The maximum absolute atomic E-state index is 13.6. The monoisotopic (exact) mass is 478 g/mol. The Labute approximate surface area is 200 Å². The number of nitrogens with one attached hydrogen (secondary N) is 1. The van der Waals surface area contributed by atoms with Gasteiger partial charge in [-0.15, -0.1) is 11.3 Å². The number of hydrogen-bond acceptors (Lipinski definition) is 7. The number of carbonyl (C=O) groups is 3. The van der Waals surface area contributed by atoms with Gasteiger partial charge in [-0.1, -0.05) is 30.3 Å². The lowest BCUT2D eigenvalue weighted by atomic mass is 10.0. The van der Waals surface area contributed by atoms with E-state index >= 15 is 0 Å². The maximum Gasteiger partial charge on any atom is 0.252 e. The van der Waals surface area contributed by atoms with Crippen molar-refractivity contribution >= 4 is 50.8 Å². The molecule has 34 heavy (non-hydrogen) atoms. The highest BCUT2D eigenvalue weighted by Crippen LogP contribution is 2.29. The van der Waals surface area contributed by atoms with Crippen LogP contribution in [0, 0.1) is 0 Å². The van der Waals surface area contributed by atoms with Crippen LogP contribution in [0.1, 0.15) is 35.1 Å². The Hall–Kier alpha value is -3.79. The molecule has 0 saturated carbocycles. The van der Waals surface area contributed by atoms with Gasteiger partial charge in [0.2, 0.25) is 11.7 Å². The Balaban J connectivity index is 1.63. The number of guanidine groups is 1. The Kier molecular flexibility index (Phi) is 6.87. The molecule has 0 fully saturated rings. The lowest BCUT2D eigenvalue weighted by Crippen LogP contribution is -2.52. The Morgan fingerprint density at radius 1 is 1.18 bits per heavy atom. The number of nitrogens with two attached hydrogens (primary N) is 2. The number of anilines is 1. The van der Waals surface area contributed by atoms with Crippen molar-refractivity contribution in [3.05, 3.63) is 59.1 Å². The first kappa shape index (κ1) is 23.4. The predicted molar refractivity (Wildman–Crippen MR) is 133 cm³/mol. The molecule has 0 spiro atoms. The van der Waals surface area contributed by atoms with Gasteiger partial charge in [-0.2, -0.15) is 0 Å². The van der Waals surface area contributed by atoms with E-state index in [1.54, 1.807) is 0 Å². The van der Waals surface area contributed by atoms with Crippen molar-refractivity contribution in [3.63, 3.8) is 0 Å². The fourth-order valence-electron chi connectivity index (χ4n) is 4.13. The highest BCUT2D eigenvalue weighted by atomic mass is 32.1. The molecule has 0 aliphatic carbocycles. The normalized spacial score (nSPS) is 15.3. The minimum atomic E-state index is -1.01. The van der Waals surface area contributed by atoms with Crippen molar-refractivity contribution in [2.24, 2.45) is 16.5 Å². The molecule has 1 aliphatic rings. The first-order valence-electron chi connectivity index (χ1n) is 11.0. The topological polar surface area (TPSA) is 144 Å². The molecule has 2 atom stereocenters. The largest absolute Gasteiger partial charge is 0.373 e. The minimum Gasteiger partial charge on any atom is -0.373 e. The van der Waals surface area contributed by atoms with E-state index < -0.39 is 23.9 Å². The number of thiazole rings is 1. The molecule has 4 rings (SSSR count). The summed E-state index contributed by atoms with van der Waals surface area (Å²) in [5, 5.41) is 3.44. The van der Waals surface area contributed by atoms with Gasteiger partial charge in [0.15, 0.2) is 11.0 Å². The first-order chi connectivity index (χ1) is 16.3. The summed E-state index contributed by atoms with van der Waals surface area (Å²) < 4.78 is 0.860. The van der Waals surface area contributed by atoms with Crippen molar-refractivity contribution in [1.29, 1.82) is 0 Å². The van der Waals surface area contributed by atoms with E-state index in [0.717, 1.165) is 20.9 Å². The highest BCUT2D eigenvalue weighted by molar-refractivity contribution is 7.20. The molecule has 1 unspecified atom stereocenters. The summed E-state index contributed by atoms with van der Waals surface area (Å²) in [6, 6.07) is 13.4. The minimum absolute atomic E-state index is 0.0542. The molecule has 2 aromatic carbocycles. The fraction of sp³-hybridized carbons (Fsp3) is 0.292. The number of aromatic nitrogens is 1. The van der Waals surface area contributed by atoms with Crippen molar-refractivity contribution in [2.75, 3.05) is 11.9 Å². The van der Waals surface area contributed by atoms with Gasteiger partial charge >= 0.3 is 0 Å². The number of hydrogen-bond donors (Lipinski definition) is 3. The van der Waals surface area contributed by atoms with Crippen LogP contribution in [0.3, 0.4) is 0 Å². The van der Waals surface area contributed by atoms with Gasteiger partial charge in [-0.3, -0.25) is 24.3 Å². The van der Waals surface area contributed by atoms with E-state index in [1.165, 1.54) is 18.3 Å². The van der Waals surface area contributed by atoms with Crippen LogP contribution in [-0.2, 0) is 16.0 Å². The van der Waals surface area contributed by atoms with E-state index in [9.17, 15) is 14.4 Å². The van der Waals surface area contributed by atoms with Crippen LogP contribution in [0.4, 0.5) is 5.69 Å². The zero-order chi connectivity index (χ0) is 24.2. The van der Waals surface area contributed by atoms with Gasteiger partial charge in [-0.05, 0) is 36.6 Å². The van der Waals surface area contributed by atoms with Crippen molar-refractivity contribution < 1.29 is 14.4 Å². The number of fused-ring (bicyclic) bond motifs is 2. The van der Waals surface area contributed by atoms with Crippen molar-refractivity contribution in [2.45, 2.75) is 38.3 Å². The van der Waals surface area contributed by atoms with Crippen LogP contribution >= 0.6 is 11.3 Å². The summed E-state index contributed by atoms with van der Waals surface area (Å²) >= 11 is 1.25. The van der Waals surface area contributed by atoms with Gasteiger partial charge in [0.05, 0.1) is 10.2 Å². The molecular formula is C24H26N6O3S. The molecule has 0 bridgehead atoms. The average molecular weight is 479 g/mol. The zero-order valence-electron chi connectivity index (χ0n) is 18.7. The SMILES string of the molecule is CC(=O)N(C(=O)[C@@H]1Cc2ccccc2N1)C(CCCN=C(N)N)C(=O)c1nc2ccccc2s1. The van der Waals surface area contributed by atoms with Crippen LogP contribution in [0.25, 0.3) is 10.2 Å². The maximum atomic E-state index is 13.6. The van der Waals surface area contributed by atoms with Gasteiger partial charge in [0.1, 0.15) is 12.1 Å². The molecule has 176 valence electrons. The summed E-state index contributed by atoms with van der Waals surface area (Å²) in [4.78, 5) is 49.4. The van der Waals surface area contributed by atoms with E-state index in [-0.39, 0.29) is 29.7 Å². The number of nitrogens with zero attached hydrogens (tertiary/aromatic N) is 3. The third-order valence-electron chi connectivity index (χ3n) is 5.69. The number of ketones is 1. The number of amides is 2. The van der Waals surface area contributed by atoms with E-state index in [1.807, 2.05) is 48.5 Å². The molecule has 10 heteroatoms. The summed E-state index contributed by atoms with van der Waals surface area (Å²) in [7, 11) is 0. The van der Waals surface area contributed by atoms with Crippen LogP contribution < -0.4 is 16.8 Å². The molecular weight excluding hydrogens is 452 g/mol. The standard InChI is InChI=1S/C24H26N6O3S/c1-14(31)30(23(33)18-13-15-7-2-3-8-16(15)28-18)19(10-6-12-27-24(25)26)21(32)22-29-17-9-4-5-11-20(17)34-22/h2-5,7-9,11,18-19,28H,6,10,12-13H2,1H3,(H4,25,26,27)/t18-,19?/m0/s1. The molecule has 9 nitrogen and oxygen atoms in total. The van der Waals surface area contributed by atoms with E-state index in [0.29, 0.717) is 18.4 Å². The molecule has 2 amide bonds. The number of imide groups is 1. The number of benzene rings is 2. The third-order valence-corrected chi connectivity index (χ3v) is 6.75. The number of carbonyl (C=O) groups excluding carboxylic acids is 3. The Morgan fingerprint density at radius 3 is 2.62 bits per heavy atom. The summed E-state index contributed by atoms with van der Waals surface area (Å²) in [6.45, 7) is 1.58. The van der Waals surface area contributed by atoms with Gasteiger partial charge in [-0.25, -0.2) is 4.98 Å². The average Bonchev–Trinajstić information content (AvgIpc) is 3.44. The molecule has 5 N–H and O–H groups in total. The van der Waals surface area contributed by atoms with Crippen LogP contribution in [0.5, 0.6) is 0 Å². The van der Waals surface area contributed by atoms with Crippen LogP contribution in [0.2, 0.25) is 0 Å². The van der Waals surface area contributed by atoms with Gasteiger partial charge < -0.3 is 16.8 Å². The number of para-hydroxylation sites is 2. The summed E-state index contributed by atoms with van der Waals surface area (Å²) in [5.41, 5.74) is 13.4. The Bertz CT molecular complexity index is 1210. The van der Waals surface area contributed by atoms with Crippen molar-refractivity contribution in [1.82, 2.24) is 9.88 Å². The molecule has 1 aliphatic heterocycles. The van der Waals surface area contributed by atoms with Gasteiger partial charge in [0.25, 0.3) is 5.91 Å².